The number of aliphatic hydroxyl groups excluding tert-OH is 24. The lowest BCUT2D eigenvalue weighted by atomic mass is 9.33. The van der Waals surface area contributed by atoms with Crippen LogP contribution in [0.1, 0.15) is 153 Å². The molecule has 8 saturated heterocycles. The highest BCUT2D eigenvalue weighted by Crippen LogP contribution is 2.76. The summed E-state index contributed by atoms with van der Waals surface area (Å²) in [5, 5.41) is 279. The molecule has 5 aliphatic carbocycles. The molecule has 0 bridgehead atoms. The first-order valence-electron chi connectivity index (χ1n) is 48.6. The maximum atomic E-state index is 16.8. The number of esters is 3. The van der Waals surface area contributed by atoms with E-state index in [1.807, 2.05) is 20.8 Å². The molecule has 4 saturated carbocycles. The van der Waals surface area contributed by atoms with Gasteiger partial charge in [-0.3, -0.25) is 4.79 Å². The number of allylic oxidation sites excluding steroid dienone is 4. The summed E-state index contributed by atoms with van der Waals surface area (Å²) in [6.45, 7) is 21.3. The van der Waals surface area contributed by atoms with Crippen LogP contribution in [0.5, 0.6) is 0 Å². The highest BCUT2D eigenvalue weighted by Gasteiger charge is 2.74. The molecular weight excluding hydrogens is 1880 g/mol. The molecule has 0 aromatic heterocycles. The third-order valence-corrected chi connectivity index (χ3v) is 33.2. The molecule has 25 N–H and O–H groups in total. The molecule has 8 heterocycles. The van der Waals surface area contributed by atoms with Crippen molar-refractivity contribution in [3.8, 4) is 0 Å². The molecular formula is C95H150O46. The Morgan fingerprint density at radius 3 is 1.52 bits per heavy atom. The van der Waals surface area contributed by atoms with E-state index in [-0.39, 0.29) is 61.5 Å². The Hall–Kier alpha value is -4.49. The minimum atomic E-state index is -2.29. The van der Waals surface area contributed by atoms with Crippen molar-refractivity contribution in [1.29, 1.82) is 0 Å². The molecule has 0 aromatic carbocycles. The van der Waals surface area contributed by atoms with Crippen LogP contribution >= 0.6 is 0 Å². The summed E-state index contributed by atoms with van der Waals surface area (Å²) in [6, 6.07) is 0. The van der Waals surface area contributed by atoms with Gasteiger partial charge in [0.15, 0.2) is 56.2 Å². The van der Waals surface area contributed by atoms with Crippen LogP contribution in [0.4, 0.5) is 0 Å². The third-order valence-electron chi connectivity index (χ3n) is 33.2. The van der Waals surface area contributed by atoms with E-state index in [2.05, 4.69) is 33.1 Å². The van der Waals surface area contributed by atoms with E-state index in [1.54, 1.807) is 20.8 Å². The summed E-state index contributed by atoms with van der Waals surface area (Å²) in [6.07, 6.45) is -61.2. The average molecular weight is 2030 g/mol. The first kappa shape index (κ1) is 114. The Labute approximate surface area is 815 Å². The molecule has 8 aliphatic heterocycles. The zero-order chi connectivity index (χ0) is 104. The number of rotatable bonds is 34. The molecule has 0 unspecified atom stereocenters. The average Bonchev–Trinajstić information content (AvgIpc) is 0.729. The van der Waals surface area contributed by atoms with Crippen LogP contribution in [0, 0.1) is 50.2 Å². The molecule has 12 fully saturated rings. The maximum Gasteiger partial charge on any atom is 0.336 e. The smallest absolute Gasteiger partial charge is 0.336 e. The van der Waals surface area contributed by atoms with Gasteiger partial charge in [0.1, 0.15) is 164 Å². The summed E-state index contributed by atoms with van der Waals surface area (Å²) in [5.74, 6) is -4.82. The Balaban J connectivity index is 0.776. The molecule has 0 spiro atoms. The van der Waals surface area contributed by atoms with E-state index in [1.165, 1.54) is 45.1 Å². The lowest BCUT2D eigenvalue weighted by Gasteiger charge is -2.72. The number of hydrogen-bond donors (Lipinski definition) is 25. The molecule has 0 aromatic rings. The SMILES string of the molecule is C=C[C@@](C)(O)CC/C=C(\CO)C(=O)O[C@@H]1[C@@H](O)[C@H](O)[C@@H](O[C@](C)(C=C)CC/C=C(/CO)C(=O)O[C@@H]2C[C@]3(C(=O)O[C@H]4O[C@@H](CO)[C@H](O)[C@@H](O)[C@@H]4O[C@H]4O[C@@H](C)[C@H](O[C@H]5O[C@H](CO)[C@@H](O)[C@@H]5O)[C@@H](O[C@H]5O[C@@H](CO)[C@H](O)[C@@H](O)[C@@H]5O)[C@@H]4O)[C@@H](O)C[C@]4(C)C(=CC[C@H]5[C@]6(C)CC[C@@H](O[C@H]7O[C@@H](CO[C@H]8OC[C@H](O)[C@@H](O)[C@@H]8O[C@H]8OC[C@H](O)[C@@H](O)[C@@H]8O)[C@H](O)[C@@H](O)[C@@H]7O)C(C)(C)[C@H]6CC[C@@]54C)[C@@H]3CC2(C)C)O[C@H]1C. The number of aliphatic hydroxyl groups is 25. The van der Waals surface area contributed by atoms with Crippen molar-refractivity contribution < 1.29 is 227 Å². The van der Waals surface area contributed by atoms with Crippen molar-refractivity contribution in [2.45, 2.75) is 410 Å². The first-order chi connectivity index (χ1) is 66.1. The lowest BCUT2D eigenvalue weighted by Crippen LogP contribution is -2.70. The van der Waals surface area contributed by atoms with Gasteiger partial charge in [-0.2, -0.15) is 0 Å². The highest BCUT2D eigenvalue weighted by atomic mass is 16.8. The van der Waals surface area contributed by atoms with Gasteiger partial charge in [-0.15, -0.1) is 13.2 Å². The zero-order valence-corrected chi connectivity index (χ0v) is 81.0. The minimum Gasteiger partial charge on any atom is -0.458 e. The van der Waals surface area contributed by atoms with Crippen LogP contribution < -0.4 is 0 Å². The Morgan fingerprint density at radius 2 is 0.929 bits per heavy atom. The van der Waals surface area contributed by atoms with Gasteiger partial charge in [0.2, 0.25) is 6.29 Å². The fraction of sp³-hybridized carbons (Fsp3) is 0.863. The Morgan fingerprint density at radius 1 is 0.454 bits per heavy atom. The fourth-order valence-corrected chi connectivity index (χ4v) is 24.0. The number of carbonyl (C=O) groups excluding carboxylic acids is 3. The molecule has 49 atom stereocenters. The summed E-state index contributed by atoms with van der Waals surface area (Å²) in [4.78, 5) is 45.2. The summed E-state index contributed by atoms with van der Waals surface area (Å²) < 4.78 is 109. The Bertz CT molecular complexity index is 4310. The number of fused-ring (bicyclic) bond motifs is 7. The van der Waals surface area contributed by atoms with Crippen molar-refractivity contribution in [3.63, 3.8) is 0 Å². The normalized spacial score (nSPS) is 48.2. The van der Waals surface area contributed by atoms with E-state index in [0.29, 0.717) is 37.7 Å². The maximum absolute atomic E-state index is 16.8. The summed E-state index contributed by atoms with van der Waals surface area (Å²) in [7, 11) is 0. The molecule has 13 rings (SSSR count). The topological polar surface area (TPSA) is 723 Å². The molecule has 46 nitrogen and oxygen atoms in total. The highest BCUT2D eigenvalue weighted by molar-refractivity contribution is 5.89. The van der Waals surface area contributed by atoms with Gasteiger partial charge in [-0.25, -0.2) is 9.59 Å². The van der Waals surface area contributed by atoms with Crippen LogP contribution in [0.2, 0.25) is 0 Å². The molecule has 0 amide bonds. The lowest BCUT2D eigenvalue weighted by molar-refractivity contribution is -0.390. The monoisotopic (exact) mass is 2030 g/mol. The predicted molar refractivity (Wildman–Crippen MR) is 473 cm³/mol. The van der Waals surface area contributed by atoms with Crippen molar-refractivity contribution in [3.05, 3.63) is 60.3 Å². The molecule has 141 heavy (non-hydrogen) atoms. The van der Waals surface area contributed by atoms with Crippen LogP contribution in [-0.4, -0.2) is 455 Å². The minimum absolute atomic E-state index is 0.0532. The van der Waals surface area contributed by atoms with Gasteiger partial charge in [-0.1, -0.05) is 84.4 Å². The van der Waals surface area contributed by atoms with E-state index in [0.717, 1.165) is 0 Å². The van der Waals surface area contributed by atoms with Crippen molar-refractivity contribution in [1.82, 2.24) is 0 Å². The van der Waals surface area contributed by atoms with Gasteiger partial charge >= 0.3 is 17.9 Å². The second-order valence-electron chi connectivity index (χ2n) is 43.0. The van der Waals surface area contributed by atoms with E-state index >= 15 is 9.59 Å². The molecule has 46 heteroatoms. The zero-order valence-electron chi connectivity index (χ0n) is 81.0. The van der Waals surface area contributed by atoms with Crippen molar-refractivity contribution in [2.24, 2.45) is 50.2 Å². The summed E-state index contributed by atoms with van der Waals surface area (Å²) in [5.41, 5.74) is -9.05. The summed E-state index contributed by atoms with van der Waals surface area (Å²) >= 11 is 0. The third kappa shape index (κ3) is 22.1. The largest absolute Gasteiger partial charge is 0.458 e. The van der Waals surface area contributed by atoms with Crippen LogP contribution in [-0.2, 0) is 99.6 Å². The van der Waals surface area contributed by atoms with Gasteiger partial charge < -0.3 is 213 Å². The van der Waals surface area contributed by atoms with E-state index < -0.39 is 372 Å². The van der Waals surface area contributed by atoms with E-state index in [4.69, 9.17) is 85.3 Å². The Kier molecular flexibility index (Phi) is 36.2. The molecule has 13 aliphatic rings. The van der Waals surface area contributed by atoms with Gasteiger partial charge in [-0.05, 0) is 138 Å². The first-order valence-corrected chi connectivity index (χ1v) is 48.6. The fourth-order valence-electron chi connectivity index (χ4n) is 24.0. The van der Waals surface area contributed by atoms with Gasteiger partial charge in [0, 0.05) is 11.8 Å². The standard InChI is InChI=1S/C95H150O46/c1-14-90(9,123)24-16-18-42(32-97)78(121)135-72-39(3)128-84(70(118)65(72)113)141-91(10,15-2)25-17-19-41(31-96)77(120)133-55-30-95(87(122)140-86-76(64(112)59(107)48(34-99)131-86)139-83-71(119)74(137-82-69(117)62(110)58(106)47(33-98)129-82)73(40(4)127-83)136-81-67(115)60(108)49(35-100)130-81)44(28-88(55,5)6)43-20-21-52-92(11)26-23-54(89(7,8)51(92)22-27-93(52,12)94(43,13)29-53(95)103)134-80-68(116)63(111)61(109)50(132-80)38-126-85-75(57(105)46(102)37-125-85)138-79-66(114)56(104)45(101)36-124-79/h14-15,18-20,39-40,44-76,79-86,96-119,123H,1-2,16-17,21-38H2,3-13H3/b41-19-,42-18+/t39-,40-,44-,45-,46-,47-,48-,49+,50-,51+,52-,53-,54+,55+,56+,57+,58-,59-,60+,61-,62+,63+,64+,65-,66-,67-,68-,69-,70-,71-,72-,73-,74-,75-,76-,79+,80+,81+,82+,83+,84+,85+,86+,90+,91+,92+,93-,94+,95+/m0/s1. The van der Waals surface area contributed by atoms with Crippen molar-refractivity contribution >= 4 is 17.9 Å². The van der Waals surface area contributed by atoms with Crippen LogP contribution in [0.3, 0.4) is 0 Å². The second kappa shape index (κ2) is 45.0. The number of ether oxygens (including phenoxy) is 18. The molecule has 0 radical (unpaired) electrons. The number of hydrogen-bond acceptors (Lipinski definition) is 46. The van der Waals surface area contributed by atoms with Crippen LogP contribution in [0.15, 0.2) is 60.3 Å². The van der Waals surface area contributed by atoms with E-state index in [9.17, 15) is 132 Å². The predicted octanol–water partition coefficient (Wildman–Crippen LogP) is -6.45. The van der Waals surface area contributed by atoms with Crippen LogP contribution in [0.25, 0.3) is 0 Å². The van der Waals surface area contributed by atoms with Crippen molar-refractivity contribution in [2.75, 3.05) is 52.9 Å². The number of carbonyl (C=O) groups is 3. The molecule has 806 valence electrons. The quantitative estimate of drug-likeness (QED) is 0.00937. The second-order valence-corrected chi connectivity index (χ2v) is 43.0. The van der Waals surface area contributed by atoms with Gasteiger partial charge in [0.25, 0.3) is 0 Å². The van der Waals surface area contributed by atoms with Gasteiger partial charge in [0.05, 0.1) is 99.6 Å².